The van der Waals surface area contributed by atoms with Crippen LogP contribution >= 0.6 is 23.2 Å². The third-order valence-corrected chi connectivity index (χ3v) is 3.12. The molecule has 2 N–H and O–H groups in total. The number of carbonyl (C=O) groups is 1. The van der Waals surface area contributed by atoms with Gasteiger partial charge >= 0.3 is 0 Å². The van der Waals surface area contributed by atoms with Crippen LogP contribution in [0.25, 0.3) is 0 Å². The van der Waals surface area contributed by atoms with Crippen LogP contribution in [0.3, 0.4) is 0 Å². The zero-order chi connectivity index (χ0) is 13.4. The summed E-state index contributed by atoms with van der Waals surface area (Å²) in [7, 11) is 1.59. The number of hydrogen-bond donors (Lipinski definition) is 2. The van der Waals surface area contributed by atoms with Crippen LogP contribution in [0.5, 0.6) is 0 Å². The first-order valence-corrected chi connectivity index (χ1v) is 6.30. The lowest BCUT2D eigenvalue weighted by atomic mass is 10.2. The first kappa shape index (κ1) is 15.2. The maximum absolute atomic E-state index is 11.4. The van der Waals surface area contributed by atoms with E-state index < -0.39 is 0 Å². The van der Waals surface area contributed by atoms with Crippen molar-refractivity contribution >= 4 is 29.1 Å². The maximum atomic E-state index is 11.4. The van der Waals surface area contributed by atoms with E-state index in [0.717, 1.165) is 5.56 Å². The molecule has 0 fully saturated rings. The Labute approximate surface area is 117 Å². The Morgan fingerprint density at radius 2 is 2.17 bits per heavy atom. The number of nitrogens with one attached hydrogen (secondary N) is 2. The lowest BCUT2D eigenvalue weighted by Crippen LogP contribution is -2.35. The van der Waals surface area contributed by atoms with Crippen molar-refractivity contribution in [2.24, 2.45) is 0 Å². The lowest BCUT2D eigenvalue weighted by molar-refractivity contribution is -0.120. The molecule has 0 atom stereocenters. The number of amides is 1. The molecule has 0 bridgehead atoms. The molecule has 0 aromatic heterocycles. The topological polar surface area (TPSA) is 50.4 Å². The summed E-state index contributed by atoms with van der Waals surface area (Å²) in [6, 6.07) is 5.42. The van der Waals surface area contributed by atoms with Gasteiger partial charge in [0.25, 0.3) is 0 Å². The molecule has 1 aromatic rings. The van der Waals surface area contributed by atoms with Crippen molar-refractivity contribution < 1.29 is 9.53 Å². The second-order valence-electron chi connectivity index (χ2n) is 3.66. The average molecular weight is 291 g/mol. The smallest absolute Gasteiger partial charge is 0.234 e. The quantitative estimate of drug-likeness (QED) is 0.754. The predicted molar refractivity (Wildman–Crippen MR) is 73.1 cm³/mol. The van der Waals surface area contributed by atoms with Gasteiger partial charge in [-0.15, -0.1) is 0 Å². The number of carbonyl (C=O) groups excluding carboxylic acids is 1. The summed E-state index contributed by atoms with van der Waals surface area (Å²) in [5.74, 6) is -0.0785. The van der Waals surface area contributed by atoms with Gasteiger partial charge in [-0.2, -0.15) is 0 Å². The average Bonchev–Trinajstić information content (AvgIpc) is 2.35. The molecule has 0 saturated heterocycles. The van der Waals surface area contributed by atoms with Gasteiger partial charge in [0.05, 0.1) is 23.2 Å². The van der Waals surface area contributed by atoms with Gasteiger partial charge in [0.15, 0.2) is 0 Å². The molecule has 6 heteroatoms. The van der Waals surface area contributed by atoms with Crippen LogP contribution in [0.2, 0.25) is 10.0 Å². The summed E-state index contributed by atoms with van der Waals surface area (Å²) in [6.07, 6.45) is 0. The highest BCUT2D eigenvalue weighted by Crippen LogP contribution is 2.25. The van der Waals surface area contributed by atoms with Crippen LogP contribution in [0.4, 0.5) is 0 Å². The normalized spacial score (nSPS) is 10.4. The number of halogens is 2. The van der Waals surface area contributed by atoms with Gasteiger partial charge in [-0.25, -0.2) is 0 Å². The van der Waals surface area contributed by atoms with Crippen molar-refractivity contribution in [3.8, 4) is 0 Å². The molecule has 100 valence electrons. The highest BCUT2D eigenvalue weighted by atomic mass is 35.5. The standard InChI is InChI=1S/C12H16Cl2N2O2/c1-18-6-5-16-11(17)8-15-7-9-3-2-4-10(13)12(9)14/h2-4,15H,5-8H2,1H3,(H,16,17). The molecule has 1 rings (SSSR count). The SMILES string of the molecule is COCCNC(=O)CNCc1cccc(Cl)c1Cl. The number of hydrogen-bond acceptors (Lipinski definition) is 3. The van der Waals surface area contributed by atoms with Crippen molar-refractivity contribution in [3.05, 3.63) is 33.8 Å². The molecule has 0 heterocycles. The molecule has 0 aliphatic rings. The first-order valence-electron chi connectivity index (χ1n) is 5.54. The minimum atomic E-state index is -0.0785. The van der Waals surface area contributed by atoms with E-state index in [4.69, 9.17) is 27.9 Å². The Kier molecular flexibility index (Phi) is 7.05. The van der Waals surface area contributed by atoms with Crippen LogP contribution in [-0.4, -0.2) is 32.7 Å². The second-order valence-corrected chi connectivity index (χ2v) is 4.44. The summed E-state index contributed by atoms with van der Waals surface area (Å²) in [6.45, 7) is 1.74. The van der Waals surface area contributed by atoms with Crippen LogP contribution in [-0.2, 0) is 16.1 Å². The number of benzene rings is 1. The predicted octanol–water partition coefficient (Wildman–Crippen LogP) is 1.85. The summed E-state index contributed by atoms with van der Waals surface area (Å²) in [5, 5.41) is 6.75. The highest BCUT2D eigenvalue weighted by molar-refractivity contribution is 6.42. The van der Waals surface area contributed by atoms with Gasteiger partial charge in [-0.3, -0.25) is 4.79 Å². The number of methoxy groups -OCH3 is 1. The first-order chi connectivity index (χ1) is 8.65. The van der Waals surface area contributed by atoms with Crippen LogP contribution in [0.1, 0.15) is 5.56 Å². The zero-order valence-electron chi connectivity index (χ0n) is 10.1. The lowest BCUT2D eigenvalue weighted by Gasteiger charge is -2.08. The Bertz CT molecular complexity index is 400. The molecular formula is C12H16Cl2N2O2. The van der Waals surface area contributed by atoms with Crippen molar-refractivity contribution in [2.75, 3.05) is 26.8 Å². The molecule has 1 aromatic carbocycles. The van der Waals surface area contributed by atoms with E-state index in [0.29, 0.717) is 29.7 Å². The van der Waals surface area contributed by atoms with Gasteiger partial charge in [0.2, 0.25) is 5.91 Å². The Balaban J connectivity index is 2.29. The third-order valence-electron chi connectivity index (χ3n) is 2.26. The fraction of sp³-hybridized carbons (Fsp3) is 0.417. The van der Waals surface area contributed by atoms with Gasteiger partial charge in [-0.05, 0) is 11.6 Å². The monoisotopic (exact) mass is 290 g/mol. The molecule has 0 unspecified atom stereocenters. The molecule has 18 heavy (non-hydrogen) atoms. The van der Waals surface area contributed by atoms with Crippen molar-refractivity contribution in [1.82, 2.24) is 10.6 Å². The van der Waals surface area contributed by atoms with Crippen molar-refractivity contribution in [3.63, 3.8) is 0 Å². The minimum Gasteiger partial charge on any atom is -0.383 e. The largest absolute Gasteiger partial charge is 0.383 e. The van der Waals surface area contributed by atoms with Crippen molar-refractivity contribution in [1.29, 1.82) is 0 Å². The summed E-state index contributed by atoms with van der Waals surface area (Å²) < 4.78 is 4.83. The minimum absolute atomic E-state index is 0.0785. The van der Waals surface area contributed by atoms with Crippen molar-refractivity contribution in [2.45, 2.75) is 6.54 Å². The molecule has 0 aliphatic carbocycles. The maximum Gasteiger partial charge on any atom is 0.234 e. The van der Waals surface area contributed by atoms with E-state index in [1.165, 1.54) is 0 Å². The molecule has 0 radical (unpaired) electrons. The second kappa shape index (κ2) is 8.32. The third kappa shape index (κ3) is 5.23. The summed E-state index contributed by atoms with van der Waals surface area (Å²) in [4.78, 5) is 11.4. The van der Waals surface area contributed by atoms with Crippen LogP contribution < -0.4 is 10.6 Å². The van der Waals surface area contributed by atoms with Gasteiger partial charge in [0, 0.05) is 20.2 Å². The fourth-order valence-electron chi connectivity index (χ4n) is 1.35. The summed E-state index contributed by atoms with van der Waals surface area (Å²) in [5.41, 5.74) is 0.869. The van der Waals surface area contributed by atoms with E-state index >= 15 is 0 Å². The van der Waals surface area contributed by atoms with E-state index in [1.54, 1.807) is 13.2 Å². The van der Waals surface area contributed by atoms with Crippen LogP contribution in [0, 0.1) is 0 Å². The molecule has 4 nitrogen and oxygen atoms in total. The molecule has 1 amide bonds. The van der Waals surface area contributed by atoms with Gasteiger partial charge in [0.1, 0.15) is 0 Å². The highest BCUT2D eigenvalue weighted by Gasteiger charge is 2.05. The summed E-state index contributed by atoms with van der Waals surface area (Å²) >= 11 is 11.9. The van der Waals surface area contributed by atoms with Gasteiger partial charge < -0.3 is 15.4 Å². The molecular weight excluding hydrogens is 275 g/mol. The zero-order valence-corrected chi connectivity index (χ0v) is 11.6. The Morgan fingerprint density at radius 3 is 2.89 bits per heavy atom. The molecule has 0 aliphatic heterocycles. The van der Waals surface area contributed by atoms with Crippen LogP contribution in [0.15, 0.2) is 18.2 Å². The van der Waals surface area contributed by atoms with Gasteiger partial charge in [-0.1, -0.05) is 35.3 Å². The van der Waals surface area contributed by atoms with E-state index in [-0.39, 0.29) is 12.5 Å². The Morgan fingerprint density at radius 1 is 1.39 bits per heavy atom. The number of ether oxygens (including phenoxy) is 1. The molecule has 0 spiro atoms. The van der Waals surface area contributed by atoms with E-state index in [9.17, 15) is 4.79 Å². The Hall–Kier alpha value is -0.810. The molecule has 0 saturated carbocycles. The van der Waals surface area contributed by atoms with E-state index in [2.05, 4.69) is 10.6 Å². The fourth-order valence-corrected chi connectivity index (χ4v) is 1.74. The van der Waals surface area contributed by atoms with E-state index in [1.807, 2.05) is 12.1 Å². The number of rotatable bonds is 7.